The van der Waals surface area contributed by atoms with Gasteiger partial charge in [-0.1, -0.05) is 11.6 Å². The van der Waals surface area contributed by atoms with Gasteiger partial charge in [0, 0.05) is 12.1 Å². The zero-order chi connectivity index (χ0) is 14.0. The molecule has 0 radical (unpaired) electrons. The fourth-order valence-electron chi connectivity index (χ4n) is 1.45. The molecule has 0 aliphatic heterocycles. The van der Waals surface area contributed by atoms with Crippen LogP contribution in [0.5, 0.6) is 0 Å². The molecule has 19 heavy (non-hydrogen) atoms. The lowest BCUT2D eigenvalue weighted by Crippen LogP contribution is -2.16. The predicted molar refractivity (Wildman–Crippen MR) is 68.7 cm³/mol. The van der Waals surface area contributed by atoms with E-state index in [1.54, 1.807) is 0 Å². The molecule has 1 aromatic heterocycles. The third-order valence-electron chi connectivity index (χ3n) is 2.34. The molecule has 0 bridgehead atoms. The molecule has 0 saturated carbocycles. The second-order valence-corrected chi connectivity index (χ2v) is 5.68. The van der Waals surface area contributed by atoms with Crippen LogP contribution in [0.15, 0.2) is 29.4 Å². The molecule has 1 heterocycles. The van der Waals surface area contributed by atoms with Crippen molar-refractivity contribution in [1.29, 1.82) is 0 Å². The molecule has 0 amide bonds. The Balaban J connectivity index is 2.37. The fraction of sp³-hybridized carbons (Fsp3) is 0.100. The lowest BCUT2D eigenvalue weighted by Gasteiger charge is -2.09. The average Bonchev–Trinajstić information content (AvgIpc) is 2.82. The van der Waals surface area contributed by atoms with Crippen molar-refractivity contribution in [2.75, 3.05) is 4.72 Å². The molecule has 0 aliphatic rings. The minimum Gasteiger partial charge on any atom is -0.326 e. The number of aromatic nitrogens is 2. The zero-order valence-electron chi connectivity index (χ0n) is 9.52. The molecular formula is C10H10ClFN4O2S. The Kier molecular flexibility index (Phi) is 3.74. The normalized spacial score (nSPS) is 11.5. The monoisotopic (exact) mass is 304 g/mol. The van der Waals surface area contributed by atoms with Crippen LogP contribution in [0.4, 0.5) is 10.1 Å². The lowest BCUT2D eigenvalue weighted by molar-refractivity contribution is 0.595. The van der Waals surface area contributed by atoms with Crippen LogP contribution < -0.4 is 10.5 Å². The number of aromatic amines is 1. The number of halogens is 2. The van der Waals surface area contributed by atoms with Gasteiger partial charge in [0.05, 0.1) is 16.9 Å². The lowest BCUT2D eigenvalue weighted by atomic mass is 10.3. The topological polar surface area (TPSA) is 101 Å². The van der Waals surface area contributed by atoms with Crippen LogP contribution in [-0.2, 0) is 16.6 Å². The van der Waals surface area contributed by atoms with E-state index in [1.165, 1.54) is 12.3 Å². The third-order valence-corrected chi connectivity index (χ3v) is 4.03. The molecule has 0 unspecified atom stereocenters. The highest BCUT2D eigenvalue weighted by molar-refractivity contribution is 7.92. The highest BCUT2D eigenvalue weighted by Gasteiger charge is 2.21. The smallest absolute Gasteiger partial charge is 0.279 e. The van der Waals surface area contributed by atoms with Crippen molar-refractivity contribution in [1.82, 2.24) is 10.2 Å². The summed E-state index contributed by atoms with van der Waals surface area (Å²) in [5.74, 6) is -0.558. The Morgan fingerprint density at radius 2 is 2.21 bits per heavy atom. The van der Waals surface area contributed by atoms with Gasteiger partial charge in [0.1, 0.15) is 5.82 Å². The fourth-order valence-corrected chi connectivity index (χ4v) is 2.94. The van der Waals surface area contributed by atoms with Gasteiger partial charge in [0.25, 0.3) is 10.0 Å². The van der Waals surface area contributed by atoms with E-state index in [0.717, 1.165) is 12.1 Å². The van der Waals surface area contributed by atoms with Gasteiger partial charge in [-0.05, 0) is 18.2 Å². The van der Waals surface area contributed by atoms with Gasteiger partial charge in [0.2, 0.25) is 0 Å². The van der Waals surface area contributed by atoms with Crippen molar-refractivity contribution in [3.63, 3.8) is 0 Å². The first-order valence-corrected chi connectivity index (χ1v) is 7.00. The Hall–Kier alpha value is -1.64. The van der Waals surface area contributed by atoms with Crippen molar-refractivity contribution in [2.45, 2.75) is 11.6 Å². The number of H-pyrrole nitrogens is 1. The van der Waals surface area contributed by atoms with E-state index in [9.17, 15) is 12.8 Å². The van der Waals surface area contributed by atoms with Crippen molar-refractivity contribution in [3.05, 3.63) is 40.8 Å². The number of rotatable bonds is 4. The second-order valence-electron chi connectivity index (χ2n) is 3.66. The number of nitrogens with zero attached hydrogens (tertiary/aromatic N) is 1. The van der Waals surface area contributed by atoms with Crippen molar-refractivity contribution < 1.29 is 12.8 Å². The molecule has 0 aliphatic carbocycles. The average molecular weight is 305 g/mol. The van der Waals surface area contributed by atoms with E-state index in [-0.39, 0.29) is 22.3 Å². The minimum absolute atomic E-state index is 0.0178. The third kappa shape index (κ3) is 2.86. The molecule has 0 saturated heterocycles. The van der Waals surface area contributed by atoms with Gasteiger partial charge in [-0.3, -0.25) is 9.82 Å². The summed E-state index contributed by atoms with van der Waals surface area (Å²) in [5.41, 5.74) is 5.82. The number of benzene rings is 1. The Morgan fingerprint density at radius 1 is 1.47 bits per heavy atom. The van der Waals surface area contributed by atoms with Gasteiger partial charge in [-0.15, -0.1) is 0 Å². The molecule has 2 aromatic rings. The van der Waals surface area contributed by atoms with Crippen molar-refractivity contribution in [2.24, 2.45) is 5.73 Å². The summed E-state index contributed by atoms with van der Waals surface area (Å²) in [7, 11) is -3.90. The molecule has 0 spiro atoms. The Morgan fingerprint density at radius 3 is 2.84 bits per heavy atom. The SMILES string of the molecule is NCc1cn[nH]c1S(=O)(=O)Nc1ccc(F)cc1Cl. The predicted octanol–water partition coefficient (Wildman–Crippen LogP) is 1.46. The number of hydrogen-bond donors (Lipinski definition) is 3. The highest BCUT2D eigenvalue weighted by Crippen LogP contribution is 2.25. The van der Waals surface area contributed by atoms with E-state index >= 15 is 0 Å². The number of sulfonamides is 1. The van der Waals surface area contributed by atoms with E-state index < -0.39 is 15.8 Å². The van der Waals surface area contributed by atoms with Gasteiger partial charge in [0.15, 0.2) is 5.03 Å². The van der Waals surface area contributed by atoms with E-state index in [1.807, 2.05) is 0 Å². The molecular weight excluding hydrogens is 295 g/mol. The van der Waals surface area contributed by atoms with Crippen LogP contribution in [0.1, 0.15) is 5.56 Å². The molecule has 9 heteroatoms. The number of hydrogen-bond acceptors (Lipinski definition) is 4. The van der Waals surface area contributed by atoms with Gasteiger partial charge >= 0.3 is 0 Å². The molecule has 0 fully saturated rings. The Labute approximate surface area is 113 Å². The van der Waals surface area contributed by atoms with Crippen molar-refractivity contribution >= 4 is 27.3 Å². The second kappa shape index (κ2) is 5.16. The zero-order valence-corrected chi connectivity index (χ0v) is 11.1. The van der Waals surface area contributed by atoms with Crippen LogP contribution in [0, 0.1) is 5.82 Å². The summed E-state index contributed by atoms with van der Waals surface area (Å²) in [6, 6.07) is 3.34. The molecule has 2 rings (SSSR count). The van der Waals surface area contributed by atoms with E-state index in [0.29, 0.717) is 5.56 Å². The Bertz CT molecular complexity index is 701. The number of nitrogens with one attached hydrogen (secondary N) is 2. The summed E-state index contributed by atoms with van der Waals surface area (Å²) < 4.78 is 39.3. The first-order valence-electron chi connectivity index (χ1n) is 5.14. The number of anilines is 1. The number of nitrogens with two attached hydrogens (primary N) is 1. The van der Waals surface area contributed by atoms with Crippen LogP contribution >= 0.6 is 11.6 Å². The summed E-state index contributed by atoms with van der Waals surface area (Å²) in [6.45, 7) is 0.0178. The van der Waals surface area contributed by atoms with Gasteiger partial charge in [-0.2, -0.15) is 13.5 Å². The van der Waals surface area contributed by atoms with Crippen LogP contribution in [0.2, 0.25) is 5.02 Å². The summed E-state index contributed by atoms with van der Waals surface area (Å²) in [6.07, 6.45) is 1.32. The minimum atomic E-state index is -3.90. The van der Waals surface area contributed by atoms with Crippen LogP contribution in [0.3, 0.4) is 0 Å². The van der Waals surface area contributed by atoms with Gasteiger partial charge < -0.3 is 5.73 Å². The molecule has 4 N–H and O–H groups in total. The van der Waals surface area contributed by atoms with E-state index in [2.05, 4.69) is 14.9 Å². The highest BCUT2D eigenvalue weighted by atomic mass is 35.5. The molecule has 1 aromatic carbocycles. The summed E-state index contributed by atoms with van der Waals surface area (Å²) >= 11 is 5.75. The maximum atomic E-state index is 12.9. The first-order chi connectivity index (χ1) is 8.94. The van der Waals surface area contributed by atoms with Crippen LogP contribution in [-0.4, -0.2) is 18.6 Å². The maximum absolute atomic E-state index is 12.9. The van der Waals surface area contributed by atoms with Crippen molar-refractivity contribution in [3.8, 4) is 0 Å². The molecule has 102 valence electrons. The molecule has 0 atom stereocenters. The standard InChI is InChI=1S/C10H10ClFN4O2S/c11-8-3-7(12)1-2-9(8)16-19(17,18)10-6(4-13)5-14-15-10/h1-3,5,16H,4,13H2,(H,14,15). The quantitative estimate of drug-likeness (QED) is 0.796. The van der Waals surface area contributed by atoms with E-state index in [4.69, 9.17) is 17.3 Å². The van der Waals surface area contributed by atoms with Crippen LogP contribution in [0.25, 0.3) is 0 Å². The summed E-state index contributed by atoms with van der Waals surface area (Å²) in [5, 5.41) is 5.78. The molecule has 6 nitrogen and oxygen atoms in total. The summed E-state index contributed by atoms with van der Waals surface area (Å²) in [4.78, 5) is 0. The van der Waals surface area contributed by atoms with Gasteiger partial charge in [-0.25, -0.2) is 4.39 Å². The maximum Gasteiger partial charge on any atom is 0.279 e. The first kappa shape index (κ1) is 13.8. The largest absolute Gasteiger partial charge is 0.326 e.